The van der Waals surface area contributed by atoms with E-state index in [4.69, 9.17) is 9.47 Å². The van der Waals surface area contributed by atoms with Crippen LogP contribution in [-0.4, -0.2) is 58.4 Å². The first-order chi connectivity index (χ1) is 12.8. The third-order valence-corrected chi connectivity index (χ3v) is 5.25. The fraction of sp³-hybridized carbons (Fsp3) is 0.474. The van der Waals surface area contributed by atoms with Crippen molar-refractivity contribution in [2.24, 2.45) is 5.41 Å². The van der Waals surface area contributed by atoms with Crippen LogP contribution in [0.1, 0.15) is 29.6 Å². The number of aromatic nitrogens is 3. The molecular weight excluding hydrogens is 332 g/mol. The van der Waals surface area contributed by atoms with Crippen LogP contribution in [0.2, 0.25) is 0 Å². The smallest absolute Gasteiger partial charge is 0.255 e. The van der Waals surface area contributed by atoms with Crippen LogP contribution in [0.15, 0.2) is 42.9 Å². The van der Waals surface area contributed by atoms with Gasteiger partial charge in [0.15, 0.2) is 0 Å². The highest BCUT2D eigenvalue weighted by molar-refractivity contribution is 5.93. The number of ether oxygens (including phenoxy) is 2. The Morgan fingerprint density at radius 3 is 3.08 bits per heavy atom. The van der Waals surface area contributed by atoms with E-state index < -0.39 is 0 Å². The van der Waals surface area contributed by atoms with Gasteiger partial charge in [0.05, 0.1) is 30.7 Å². The van der Waals surface area contributed by atoms with Gasteiger partial charge in [-0.1, -0.05) is 6.07 Å². The molecular formula is C19H22N4O3. The number of likely N-dealkylation sites (tertiary alicyclic amines) is 1. The Morgan fingerprint density at radius 1 is 1.31 bits per heavy atom. The molecule has 1 amide bonds. The predicted octanol–water partition coefficient (Wildman–Crippen LogP) is 1.96. The van der Waals surface area contributed by atoms with E-state index in [2.05, 4.69) is 15.2 Å². The molecule has 2 aromatic rings. The molecule has 0 radical (unpaired) electrons. The SMILES string of the molecule is O=C(c1ccnnc1)N1CC[C@@H]2OCCC[C@]2(COc2ccccn2)C1. The number of rotatable bonds is 4. The molecule has 2 fully saturated rings. The fourth-order valence-electron chi connectivity index (χ4n) is 3.92. The van der Waals surface area contributed by atoms with Crippen molar-refractivity contribution in [2.75, 3.05) is 26.3 Å². The predicted molar refractivity (Wildman–Crippen MR) is 93.7 cm³/mol. The van der Waals surface area contributed by atoms with Crippen LogP contribution in [0.3, 0.4) is 0 Å². The summed E-state index contributed by atoms with van der Waals surface area (Å²) in [5.74, 6) is 0.592. The van der Waals surface area contributed by atoms with Gasteiger partial charge in [-0.25, -0.2) is 4.98 Å². The summed E-state index contributed by atoms with van der Waals surface area (Å²) in [4.78, 5) is 19.0. The summed E-state index contributed by atoms with van der Waals surface area (Å²) in [6, 6.07) is 7.32. The first kappa shape index (κ1) is 16.9. The van der Waals surface area contributed by atoms with Gasteiger partial charge in [0.2, 0.25) is 5.88 Å². The van der Waals surface area contributed by atoms with Crippen molar-refractivity contribution in [3.05, 3.63) is 48.4 Å². The second kappa shape index (κ2) is 7.37. The zero-order chi connectivity index (χ0) is 17.8. The van der Waals surface area contributed by atoms with Crippen LogP contribution in [0, 0.1) is 5.41 Å². The topological polar surface area (TPSA) is 77.4 Å². The number of pyridine rings is 1. The molecule has 0 unspecified atom stereocenters. The molecule has 4 rings (SSSR count). The van der Waals surface area contributed by atoms with Gasteiger partial charge in [-0.05, 0) is 31.4 Å². The number of carbonyl (C=O) groups excluding carboxylic acids is 1. The highest BCUT2D eigenvalue weighted by Crippen LogP contribution is 2.40. The van der Waals surface area contributed by atoms with E-state index in [0.717, 1.165) is 25.9 Å². The maximum absolute atomic E-state index is 12.9. The molecule has 7 nitrogen and oxygen atoms in total. The quantitative estimate of drug-likeness (QED) is 0.835. The summed E-state index contributed by atoms with van der Waals surface area (Å²) >= 11 is 0. The first-order valence-electron chi connectivity index (χ1n) is 8.98. The first-order valence-corrected chi connectivity index (χ1v) is 8.98. The van der Waals surface area contributed by atoms with E-state index in [1.807, 2.05) is 23.1 Å². The van der Waals surface area contributed by atoms with E-state index in [-0.39, 0.29) is 17.4 Å². The minimum Gasteiger partial charge on any atom is -0.477 e. The van der Waals surface area contributed by atoms with Gasteiger partial charge in [-0.15, -0.1) is 0 Å². The zero-order valence-corrected chi connectivity index (χ0v) is 14.6. The number of hydrogen-bond acceptors (Lipinski definition) is 6. The van der Waals surface area contributed by atoms with Gasteiger partial charge in [0.1, 0.15) is 0 Å². The minimum absolute atomic E-state index is 0.0128. The molecule has 4 heterocycles. The van der Waals surface area contributed by atoms with E-state index in [1.165, 1.54) is 6.20 Å². The van der Waals surface area contributed by atoms with Gasteiger partial charge < -0.3 is 14.4 Å². The second-order valence-electron chi connectivity index (χ2n) is 6.93. The van der Waals surface area contributed by atoms with E-state index >= 15 is 0 Å². The number of nitrogens with zero attached hydrogens (tertiary/aromatic N) is 4. The number of amides is 1. The lowest BCUT2D eigenvalue weighted by Crippen LogP contribution is -2.58. The molecule has 0 saturated carbocycles. The van der Waals surface area contributed by atoms with Crippen LogP contribution < -0.4 is 4.74 Å². The van der Waals surface area contributed by atoms with Crippen molar-refractivity contribution in [1.82, 2.24) is 20.1 Å². The fourth-order valence-corrected chi connectivity index (χ4v) is 3.92. The van der Waals surface area contributed by atoms with Crippen LogP contribution in [-0.2, 0) is 4.74 Å². The number of fused-ring (bicyclic) bond motifs is 1. The van der Waals surface area contributed by atoms with Crippen LogP contribution >= 0.6 is 0 Å². The van der Waals surface area contributed by atoms with Crippen molar-refractivity contribution in [2.45, 2.75) is 25.4 Å². The minimum atomic E-state index is -0.204. The molecule has 0 N–H and O–H groups in total. The van der Waals surface area contributed by atoms with Crippen molar-refractivity contribution < 1.29 is 14.3 Å². The Kier molecular flexibility index (Phi) is 4.79. The zero-order valence-electron chi connectivity index (χ0n) is 14.6. The largest absolute Gasteiger partial charge is 0.477 e. The summed E-state index contributed by atoms with van der Waals surface area (Å²) in [7, 11) is 0. The van der Waals surface area contributed by atoms with Crippen molar-refractivity contribution in [1.29, 1.82) is 0 Å². The lowest BCUT2D eigenvalue weighted by molar-refractivity contribution is -0.133. The normalized spacial score (nSPS) is 25.4. The van der Waals surface area contributed by atoms with Gasteiger partial charge in [0.25, 0.3) is 5.91 Å². The van der Waals surface area contributed by atoms with E-state index in [9.17, 15) is 4.79 Å². The summed E-state index contributed by atoms with van der Waals surface area (Å²) < 4.78 is 12.0. The van der Waals surface area contributed by atoms with E-state index in [0.29, 0.717) is 31.1 Å². The van der Waals surface area contributed by atoms with Gasteiger partial charge in [-0.3, -0.25) is 4.79 Å². The molecule has 0 spiro atoms. The molecule has 2 aromatic heterocycles. The summed E-state index contributed by atoms with van der Waals surface area (Å²) in [5.41, 5.74) is 0.361. The Hall–Kier alpha value is -2.54. The highest BCUT2D eigenvalue weighted by atomic mass is 16.5. The Bertz CT molecular complexity index is 743. The van der Waals surface area contributed by atoms with E-state index in [1.54, 1.807) is 18.5 Å². The van der Waals surface area contributed by atoms with Crippen molar-refractivity contribution in [3.8, 4) is 5.88 Å². The maximum atomic E-state index is 12.9. The van der Waals surface area contributed by atoms with Crippen molar-refractivity contribution >= 4 is 5.91 Å². The van der Waals surface area contributed by atoms with Crippen LogP contribution in [0.25, 0.3) is 0 Å². The molecule has 2 aliphatic rings. The standard InChI is InChI=1S/C19H22N4O3/c24-18(15-5-9-21-22-12-15)23-10-6-16-19(13-23,7-3-11-25-16)14-26-17-4-1-2-8-20-17/h1-2,4-5,8-9,12,16H,3,6-7,10-11,13-14H2/t16-,19+/m0/s1. The number of carbonyl (C=O) groups is 1. The number of hydrogen-bond donors (Lipinski definition) is 0. The third-order valence-electron chi connectivity index (χ3n) is 5.25. The highest BCUT2D eigenvalue weighted by Gasteiger charge is 2.47. The molecule has 2 atom stereocenters. The second-order valence-corrected chi connectivity index (χ2v) is 6.93. The molecule has 2 saturated heterocycles. The third kappa shape index (κ3) is 3.39. The molecule has 0 aliphatic carbocycles. The Balaban J connectivity index is 1.52. The summed E-state index contributed by atoms with van der Waals surface area (Å²) in [5, 5.41) is 7.57. The van der Waals surface area contributed by atoms with Crippen molar-refractivity contribution in [3.63, 3.8) is 0 Å². The van der Waals surface area contributed by atoms with Gasteiger partial charge >= 0.3 is 0 Å². The molecule has 0 aromatic carbocycles. The molecule has 26 heavy (non-hydrogen) atoms. The van der Waals surface area contributed by atoms with Crippen LogP contribution in [0.5, 0.6) is 5.88 Å². The molecule has 0 bridgehead atoms. The lowest BCUT2D eigenvalue weighted by atomic mass is 9.73. The maximum Gasteiger partial charge on any atom is 0.255 e. The lowest BCUT2D eigenvalue weighted by Gasteiger charge is -2.50. The average molecular weight is 354 g/mol. The summed E-state index contributed by atoms with van der Waals surface area (Å²) in [6.07, 6.45) is 7.65. The average Bonchev–Trinajstić information content (AvgIpc) is 2.73. The van der Waals surface area contributed by atoms with Crippen LogP contribution in [0.4, 0.5) is 0 Å². The molecule has 2 aliphatic heterocycles. The Morgan fingerprint density at radius 2 is 2.27 bits per heavy atom. The monoisotopic (exact) mass is 354 g/mol. The number of piperidine rings is 1. The van der Waals surface area contributed by atoms with Gasteiger partial charge in [-0.2, -0.15) is 10.2 Å². The molecule has 7 heteroatoms. The summed E-state index contributed by atoms with van der Waals surface area (Å²) in [6.45, 7) is 2.56. The Labute approximate surface area is 152 Å². The van der Waals surface area contributed by atoms with Gasteiger partial charge in [0, 0.05) is 37.4 Å². The molecule has 136 valence electrons.